The summed E-state index contributed by atoms with van der Waals surface area (Å²) in [4.78, 5) is 111. The molecule has 3 atom stereocenters. The second-order valence-electron chi connectivity index (χ2n) is 15.7. The molecule has 0 spiro atoms. The Kier molecular flexibility index (Phi) is 29.2. The van der Waals surface area contributed by atoms with Crippen LogP contribution in [0.25, 0.3) is 0 Å². The minimum atomic E-state index is -1.24. The lowest BCUT2D eigenvalue weighted by atomic mass is 9.96. The molecule has 1 rings (SSSR count). The lowest BCUT2D eigenvalue weighted by molar-refractivity contribution is -0.149. The zero-order valence-electron chi connectivity index (χ0n) is 36.8. The van der Waals surface area contributed by atoms with Crippen LogP contribution >= 0.6 is 0 Å². The highest BCUT2D eigenvalue weighted by molar-refractivity contribution is 5.75. The zero-order chi connectivity index (χ0) is 49.0. The molecule has 0 amide bonds. The van der Waals surface area contributed by atoms with Gasteiger partial charge in [0.15, 0.2) is 0 Å². The van der Waals surface area contributed by atoms with E-state index in [-0.39, 0.29) is 65.3 Å². The van der Waals surface area contributed by atoms with Crippen LogP contribution in [0.1, 0.15) is 45.4 Å². The van der Waals surface area contributed by atoms with Crippen molar-refractivity contribution in [1.29, 1.82) is 0 Å². The number of carboxylic acids is 9. The van der Waals surface area contributed by atoms with Crippen LogP contribution in [-0.2, 0) is 43.2 Å². The molecular formula is C38H68N8O18. The van der Waals surface area contributed by atoms with Crippen molar-refractivity contribution < 1.29 is 89.1 Å². The van der Waals surface area contributed by atoms with Gasteiger partial charge in [-0.2, -0.15) is 0 Å². The Labute approximate surface area is 371 Å². The number of hydrogen-bond acceptors (Lipinski definition) is 17. The van der Waals surface area contributed by atoms with Crippen molar-refractivity contribution in [1.82, 2.24) is 40.0 Å². The van der Waals surface area contributed by atoms with Gasteiger partial charge in [0.1, 0.15) is 12.1 Å². The Bertz CT molecular complexity index is 1440. The van der Waals surface area contributed by atoms with Crippen LogP contribution in [0.2, 0.25) is 0 Å². The summed E-state index contributed by atoms with van der Waals surface area (Å²) in [5.74, 6) is -10.6. The fourth-order valence-corrected chi connectivity index (χ4v) is 7.31. The van der Waals surface area contributed by atoms with Crippen molar-refractivity contribution in [2.45, 2.75) is 63.1 Å². The molecule has 26 heteroatoms. The minimum Gasteiger partial charge on any atom is -0.480 e. The fourth-order valence-electron chi connectivity index (χ4n) is 7.31. The van der Waals surface area contributed by atoms with E-state index in [1.54, 1.807) is 23.8 Å². The maximum atomic E-state index is 12.0. The van der Waals surface area contributed by atoms with Crippen molar-refractivity contribution in [3.05, 3.63) is 0 Å². The minimum absolute atomic E-state index is 0.00244. The molecule has 3 unspecified atom stereocenters. The van der Waals surface area contributed by atoms with E-state index in [0.29, 0.717) is 32.2 Å². The molecule has 26 nitrogen and oxygen atoms in total. The summed E-state index contributed by atoms with van der Waals surface area (Å²) in [6, 6.07) is -1.83. The molecule has 1 saturated heterocycles. The maximum Gasteiger partial charge on any atom is 0.320 e. The van der Waals surface area contributed by atoms with Gasteiger partial charge in [-0.05, 0) is 59.8 Å². The average molecular weight is 925 g/mol. The van der Waals surface area contributed by atoms with E-state index in [0.717, 1.165) is 22.8 Å². The summed E-state index contributed by atoms with van der Waals surface area (Å²) in [7, 11) is 3.57. The van der Waals surface area contributed by atoms with Crippen LogP contribution in [0, 0.1) is 0 Å². The summed E-state index contributed by atoms with van der Waals surface area (Å²) >= 11 is 0. The van der Waals surface area contributed by atoms with Crippen LogP contribution < -0.4 is 10.6 Å². The third kappa shape index (κ3) is 26.5. The lowest BCUT2D eigenvalue weighted by Gasteiger charge is -2.43. The van der Waals surface area contributed by atoms with Gasteiger partial charge in [0.25, 0.3) is 0 Å². The fraction of sp³-hybridized carbons (Fsp3) is 0.763. The first kappa shape index (κ1) is 58.9. The summed E-state index contributed by atoms with van der Waals surface area (Å²) in [5.41, 5.74) is -1.08. The molecule has 1 aliphatic rings. The Morgan fingerprint density at radius 1 is 0.531 bits per heavy atom. The van der Waals surface area contributed by atoms with E-state index >= 15 is 0 Å². The molecule has 0 aliphatic carbocycles. The largest absolute Gasteiger partial charge is 0.480 e. The molecule has 0 aromatic heterocycles. The highest BCUT2D eigenvalue weighted by Crippen LogP contribution is 2.25. The van der Waals surface area contributed by atoms with Crippen LogP contribution in [0.15, 0.2) is 0 Å². The number of nitrogens with one attached hydrogen (secondary N) is 2. The maximum absolute atomic E-state index is 12.0. The number of unbranched alkanes of at least 4 members (excludes halogenated alkanes) is 2. The lowest BCUT2D eigenvalue weighted by Crippen LogP contribution is -2.61. The van der Waals surface area contributed by atoms with Crippen molar-refractivity contribution in [2.75, 3.05) is 125 Å². The highest BCUT2D eigenvalue weighted by Gasteiger charge is 2.42. The number of nitrogens with zero attached hydrogens (tertiary/aromatic N) is 6. The highest BCUT2D eigenvalue weighted by atomic mass is 16.4. The molecular weight excluding hydrogens is 856 g/mol. The van der Waals surface area contributed by atoms with Gasteiger partial charge in [-0.1, -0.05) is 12.8 Å². The third-order valence-corrected chi connectivity index (χ3v) is 10.2. The summed E-state index contributed by atoms with van der Waals surface area (Å²) < 4.78 is 0. The van der Waals surface area contributed by atoms with Gasteiger partial charge in [-0.25, -0.2) is 0 Å². The molecule has 0 radical (unpaired) electrons. The van der Waals surface area contributed by atoms with Crippen LogP contribution in [0.4, 0.5) is 0 Å². The number of carbonyl (C=O) groups is 9. The van der Waals surface area contributed by atoms with Crippen molar-refractivity contribution in [2.24, 2.45) is 0 Å². The zero-order valence-corrected chi connectivity index (χ0v) is 36.8. The van der Waals surface area contributed by atoms with E-state index < -0.39 is 111 Å². The van der Waals surface area contributed by atoms with E-state index in [2.05, 4.69) is 10.6 Å². The van der Waals surface area contributed by atoms with Crippen LogP contribution in [0.5, 0.6) is 0 Å². The molecule has 0 bridgehead atoms. The molecule has 1 aliphatic heterocycles. The molecule has 1 fully saturated rings. The van der Waals surface area contributed by atoms with Gasteiger partial charge in [0, 0.05) is 57.9 Å². The number of carboxylic acid groups (broad SMARTS) is 9. The summed E-state index contributed by atoms with van der Waals surface area (Å²) in [6.45, 7) is 0.0958. The molecule has 11 N–H and O–H groups in total. The van der Waals surface area contributed by atoms with Gasteiger partial charge in [0.05, 0.1) is 45.8 Å². The predicted octanol–water partition coefficient (Wildman–Crippen LogP) is -3.16. The van der Waals surface area contributed by atoms with Crippen molar-refractivity contribution in [3.63, 3.8) is 0 Å². The van der Waals surface area contributed by atoms with Crippen molar-refractivity contribution in [3.8, 4) is 0 Å². The van der Waals surface area contributed by atoms with Gasteiger partial charge < -0.3 is 56.6 Å². The first-order valence-corrected chi connectivity index (χ1v) is 20.6. The van der Waals surface area contributed by atoms with Crippen LogP contribution in [-0.4, -0.2) is 272 Å². The van der Waals surface area contributed by atoms with Gasteiger partial charge >= 0.3 is 53.7 Å². The smallest absolute Gasteiger partial charge is 0.320 e. The van der Waals surface area contributed by atoms with E-state index in [1.807, 2.05) is 7.05 Å². The Morgan fingerprint density at radius 3 is 1.31 bits per heavy atom. The molecule has 0 aromatic rings. The standard InChI is InChI=1S/C19H34N4O10.C19H34N4O8/c1-20-5-3-2-4-14(19(32)33)23(8-6-21(10-15(24)25)11-16(26)27)9-7-22(12-17(28)29)13-18(30)31;1-19(23(10-16(26)27)11-17(28)29)12-21(9-15(24)25)7-8-22(13-19)14(18(30)31)5-3-4-6-20-2/h14,20H,2-13H2,1H3,(H,24,25)(H,26,27)(H,28,29)(H,30,31)(H,32,33);14,20H,3-13H2,1-2H3,(H,24,25)(H,26,27)(H,28,29)(H,30,31). The average Bonchev–Trinajstić information content (AvgIpc) is 3.31. The van der Waals surface area contributed by atoms with E-state index in [9.17, 15) is 68.7 Å². The second-order valence-corrected chi connectivity index (χ2v) is 15.7. The molecule has 1 heterocycles. The summed E-state index contributed by atoms with van der Waals surface area (Å²) in [5, 5.41) is 89.4. The number of hydrogen-bond donors (Lipinski definition) is 11. The van der Waals surface area contributed by atoms with E-state index in [1.165, 1.54) is 9.80 Å². The van der Waals surface area contributed by atoms with Gasteiger partial charge in [-0.15, -0.1) is 0 Å². The number of rotatable bonds is 35. The summed E-state index contributed by atoms with van der Waals surface area (Å²) in [6.07, 6.45) is 3.37. The number of aliphatic carboxylic acids is 9. The second kappa shape index (κ2) is 31.7. The first-order chi connectivity index (χ1) is 29.9. The third-order valence-electron chi connectivity index (χ3n) is 10.2. The first-order valence-electron chi connectivity index (χ1n) is 20.6. The SMILES string of the molecule is CNCCCCC(C(=O)O)N(CCN(CC(=O)O)CC(=O)O)CCN(CC(=O)O)CC(=O)O.CNCCCCC(C(=O)O)N1CCN(CC(=O)O)CC(C)(N(CC(=O)O)CC(=O)O)C1. The predicted molar refractivity (Wildman–Crippen MR) is 224 cm³/mol. The monoisotopic (exact) mass is 924 g/mol. The van der Waals surface area contributed by atoms with Crippen LogP contribution in [0.3, 0.4) is 0 Å². The molecule has 64 heavy (non-hydrogen) atoms. The van der Waals surface area contributed by atoms with Gasteiger partial charge in [-0.3, -0.25) is 72.6 Å². The Hall–Kier alpha value is -5.09. The Morgan fingerprint density at radius 2 is 0.953 bits per heavy atom. The van der Waals surface area contributed by atoms with Crippen molar-refractivity contribution >= 4 is 53.7 Å². The normalized spacial score (nSPS) is 16.7. The quantitative estimate of drug-likeness (QED) is 0.0279. The molecule has 0 saturated carbocycles. The van der Waals surface area contributed by atoms with E-state index in [4.69, 9.17) is 20.4 Å². The molecule has 368 valence electrons. The Balaban J connectivity index is 0.00000124. The van der Waals surface area contributed by atoms with Gasteiger partial charge in [0.2, 0.25) is 0 Å². The molecule has 0 aromatic carbocycles. The topological polar surface area (TPSA) is 379 Å².